The van der Waals surface area contributed by atoms with Crippen molar-refractivity contribution in [3.8, 4) is 0 Å². The molecule has 2 rings (SSSR count). The SMILES string of the molecule is CCNc1ccc(Cn2ccnc2CC)cc1[N+](=O)[O-]. The highest BCUT2D eigenvalue weighted by atomic mass is 16.6. The zero-order valence-electron chi connectivity index (χ0n) is 11.7. The number of anilines is 1. The Morgan fingerprint density at radius 2 is 2.20 bits per heavy atom. The number of aryl methyl sites for hydroxylation is 1. The number of nitro benzene ring substituents is 1. The highest BCUT2D eigenvalue weighted by molar-refractivity contribution is 5.62. The van der Waals surface area contributed by atoms with E-state index in [1.54, 1.807) is 18.3 Å². The van der Waals surface area contributed by atoms with E-state index in [1.165, 1.54) is 0 Å². The van der Waals surface area contributed by atoms with Crippen LogP contribution in [0.5, 0.6) is 0 Å². The van der Waals surface area contributed by atoms with Crippen LogP contribution in [0.15, 0.2) is 30.6 Å². The summed E-state index contributed by atoms with van der Waals surface area (Å²) < 4.78 is 2.01. The van der Waals surface area contributed by atoms with Gasteiger partial charge in [0.25, 0.3) is 5.69 Å². The normalized spacial score (nSPS) is 10.5. The molecule has 0 aliphatic carbocycles. The second-order valence-corrected chi connectivity index (χ2v) is 4.46. The van der Waals surface area contributed by atoms with Crippen LogP contribution < -0.4 is 5.32 Å². The van der Waals surface area contributed by atoms with E-state index in [9.17, 15) is 10.1 Å². The van der Waals surface area contributed by atoms with E-state index in [1.807, 2.05) is 30.7 Å². The summed E-state index contributed by atoms with van der Waals surface area (Å²) in [6.45, 7) is 5.20. The van der Waals surface area contributed by atoms with Crippen molar-refractivity contribution in [2.75, 3.05) is 11.9 Å². The number of rotatable bonds is 6. The van der Waals surface area contributed by atoms with Crippen LogP contribution in [0.1, 0.15) is 25.2 Å². The average molecular weight is 274 g/mol. The Balaban J connectivity index is 2.29. The minimum atomic E-state index is -0.351. The van der Waals surface area contributed by atoms with Crippen LogP contribution in [0.3, 0.4) is 0 Å². The van der Waals surface area contributed by atoms with E-state index in [0.29, 0.717) is 18.8 Å². The molecule has 6 nitrogen and oxygen atoms in total. The molecule has 0 amide bonds. The highest BCUT2D eigenvalue weighted by Gasteiger charge is 2.14. The Morgan fingerprint density at radius 3 is 2.85 bits per heavy atom. The molecule has 0 bridgehead atoms. The van der Waals surface area contributed by atoms with E-state index >= 15 is 0 Å². The second kappa shape index (κ2) is 6.18. The van der Waals surface area contributed by atoms with E-state index in [-0.39, 0.29) is 10.6 Å². The van der Waals surface area contributed by atoms with Crippen LogP contribution in [0, 0.1) is 10.1 Å². The summed E-state index contributed by atoms with van der Waals surface area (Å²) >= 11 is 0. The van der Waals surface area contributed by atoms with Crippen molar-refractivity contribution in [2.24, 2.45) is 0 Å². The summed E-state index contributed by atoms with van der Waals surface area (Å²) in [5.74, 6) is 0.975. The van der Waals surface area contributed by atoms with Crippen molar-refractivity contribution in [1.82, 2.24) is 9.55 Å². The maximum atomic E-state index is 11.1. The van der Waals surface area contributed by atoms with Gasteiger partial charge >= 0.3 is 0 Å². The van der Waals surface area contributed by atoms with Crippen molar-refractivity contribution in [3.05, 3.63) is 52.1 Å². The van der Waals surface area contributed by atoms with E-state index < -0.39 is 0 Å². The number of aromatic nitrogens is 2. The van der Waals surface area contributed by atoms with Gasteiger partial charge < -0.3 is 9.88 Å². The standard InChI is InChI=1S/C14H18N4O2/c1-3-14-16-7-8-17(14)10-11-5-6-12(15-4-2)13(9-11)18(19)20/h5-9,15H,3-4,10H2,1-2H3. The van der Waals surface area contributed by atoms with Gasteiger partial charge in [-0.1, -0.05) is 13.0 Å². The van der Waals surface area contributed by atoms with Gasteiger partial charge in [0.1, 0.15) is 11.5 Å². The molecule has 6 heteroatoms. The first kappa shape index (κ1) is 14.0. The molecule has 0 aliphatic rings. The van der Waals surface area contributed by atoms with Gasteiger partial charge in [-0.25, -0.2) is 4.98 Å². The fraction of sp³-hybridized carbons (Fsp3) is 0.357. The Labute approximate surface area is 117 Å². The zero-order chi connectivity index (χ0) is 14.5. The van der Waals surface area contributed by atoms with Crippen molar-refractivity contribution in [3.63, 3.8) is 0 Å². The molecule has 0 unspecified atom stereocenters. The van der Waals surface area contributed by atoms with Gasteiger partial charge in [-0.2, -0.15) is 0 Å². The van der Waals surface area contributed by atoms with Crippen LogP contribution in [-0.4, -0.2) is 21.0 Å². The van der Waals surface area contributed by atoms with Gasteiger partial charge in [-0.05, 0) is 18.6 Å². The predicted molar refractivity (Wildman–Crippen MR) is 78.0 cm³/mol. The molecule has 1 N–H and O–H groups in total. The average Bonchev–Trinajstić information content (AvgIpc) is 2.87. The summed E-state index contributed by atoms with van der Waals surface area (Å²) in [4.78, 5) is 15.0. The summed E-state index contributed by atoms with van der Waals surface area (Å²) in [5, 5.41) is 14.1. The molecule has 0 spiro atoms. The van der Waals surface area contributed by atoms with E-state index in [4.69, 9.17) is 0 Å². The molecule has 0 saturated heterocycles. The van der Waals surface area contributed by atoms with Gasteiger partial charge in [0.15, 0.2) is 0 Å². The molecule has 1 aromatic heterocycles. The number of hydrogen-bond donors (Lipinski definition) is 1. The number of imidazole rings is 1. The quantitative estimate of drug-likeness (QED) is 0.649. The molecule has 2 aromatic rings. The molecule has 0 aliphatic heterocycles. The fourth-order valence-electron chi connectivity index (χ4n) is 2.16. The van der Waals surface area contributed by atoms with Crippen molar-refractivity contribution in [2.45, 2.75) is 26.8 Å². The summed E-state index contributed by atoms with van der Waals surface area (Å²) in [6, 6.07) is 5.29. The van der Waals surface area contributed by atoms with Gasteiger partial charge in [0.05, 0.1) is 4.92 Å². The third-order valence-electron chi connectivity index (χ3n) is 3.10. The first-order chi connectivity index (χ1) is 9.65. The third-order valence-corrected chi connectivity index (χ3v) is 3.10. The lowest BCUT2D eigenvalue weighted by Gasteiger charge is -2.09. The first-order valence-corrected chi connectivity index (χ1v) is 6.66. The predicted octanol–water partition coefficient (Wildman–Crippen LogP) is 2.83. The molecule has 20 heavy (non-hydrogen) atoms. The zero-order valence-corrected chi connectivity index (χ0v) is 11.7. The molecule has 0 saturated carbocycles. The Hall–Kier alpha value is -2.37. The molecule has 106 valence electrons. The molecule has 1 aromatic carbocycles. The molecule has 1 heterocycles. The number of nitro groups is 1. The summed E-state index contributed by atoms with van der Waals surface area (Å²) in [7, 11) is 0. The van der Waals surface area contributed by atoms with Crippen molar-refractivity contribution >= 4 is 11.4 Å². The Bertz CT molecular complexity index is 607. The summed E-state index contributed by atoms with van der Waals surface area (Å²) in [6.07, 6.45) is 4.48. The topological polar surface area (TPSA) is 73.0 Å². The molecule has 0 radical (unpaired) electrons. The van der Waals surface area contributed by atoms with Gasteiger partial charge in [-0.15, -0.1) is 0 Å². The number of nitrogens with one attached hydrogen (secondary N) is 1. The summed E-state index contributed by atoms with van der Waals surface area (Å²) in [5.41, 5.74) is 1.57. The number of benzene rings is 1. The molecule has 0 fully saturated rings. The Kier molecular flexibility index (Phi) is 4.34. The van der Waals surface area contributed by atoms with Gasteiger partial charge in [-0.3, -0.25) is 10.1 Å². The lowest BCUT2D eigenvalue weighted by Crippen LogP contribution is -2.05. The van der Waals surface area contributed by atoms with Crippen LogP contribution in [0.2, 0.25) is 0 Å². The minimum Gasteiger partial charge on any atom is -0.380 e. The highest BCUT2D eigenvalue weighted by Crippen LogP contribution is 2.26. The maximum absolute atomic E-state index is 11.1. The monoisotopic (exact) mass is 274 g/mol. The van der Waals surface area contributed by atoms with Crippen LogP contribution in [-0.2, 0) is 13.0 Å². The molecular formula is C14H18N4O2. The minimum absolute atomic E-state index is 0.113. The lowest BCUT2D eigenvalue weighted by molar-refractivity contribution is -0.384. The van der Waals surface area contributed by atoms with Gasteiger partial charge in [0.2, 0.25) is 0 Å². The van der Waals surface area contributed by atoms with Crippen molar-refractivity contribution < 1.29 is 4.92 Å². The van der Waals surface area contributed by atoms with Crippen molar-refractivity contribution in [1.29, 1.82) is 0 Å². The van der Waals surface area contributed by atoms with Gasteiger partial charge in [0, 0.05) is 38.0 Å². The number of hydrogen-bond acceptors (Lipinski definition) is 4. The Morgan fingerprint density at radius 1 is 1.40 bits per heavy atom. The largest absolute Gasteiger partial charge is 0.380 e. The first-order valence-electron chi connectivity index (χ1n) is 6.66. The van der Waals surface area contributed by atoms with E-state index in [2.05, 4.69) is 10.3 Å². The lowest BCUT2D eigenvalue weighted by atomic mass is 10.1. The smallest absolute Gasteiger partial charge is 0.292 e. The maximum Gasteiger partial charge on any atom is 0.292 e. The molecular weight excluding hydrogens is 256 g/mol. The van der Waals surface area contributed by atoms with Crippen LogP contribution in [0.25, 0.3) is 0 Å². The number of nitrogens with zero attached hydrogens (tertiary/aromatic N) is 3. The van der Waals surface area contributed by atoms with E-state index in [0.717, 1.165) is 17.8 Å². The van der Waals surface area contributed by atoms with Crippen LogP contribution in [0.4, 0.5) is 11.4 Å². The molecule has 0 atom stereocenters. The van der Waals surface area contributed by atoms with Crippen LogP contribution >= 0.6 is 0 Å². The second-order valence-electron chi connectivity index (χ2n) is 4.46. The fourth-order valence-corrected chi connectivity index (χ4v) is 2.16. The third kappa shape index (κ3) is 2.96.